The van der Waals surface area contributed by atoms with Crippen LogP contribution in [0.5, 0.6) is 0 Å². The number of carbonyl (C=O) groups excluding carboxylic acids is 2. The van der Waals surface area contributed by atoms with E-state index in [4.69, 9.17) is 14.2 Å². The summed E-state index contributed by atoms with van der Waals surface area (Å²) in [5.41, 5.74) is 1.000. The van der Waals surface area contributed by atoms with Crippen LogP contribution in [0.4, 0.5) is 0 Å². The van der Waals surface area contributed by atoms with Crippen LogP contribution >= 0.6 is 0 Å². The van der Waals surface area contributed by atoms with E-state index in [-0.39, 0.29) is 18.2 Å². The summed E-state index contributed by atoms with van der Waals surface area (Å²) in [6.45, 7) is 1.58. The monoisotopic (exact) mass is 289 g/mol. The van der Waals surface area contributed by atoms with Crippen LogP contribution < -0.4 is 5.32 Å². The van der Waals surface area contributed by atoms with Crippen LogP contribution in [0.2, 0.25) is 0 Å². The highest BCUT2D eigenvalue weighted by Gasteiger charge is 2.38. The summed E-state index contributed by atoms with van der Waals surface area (Å²) >= 11 is 0. The van der Waals surface area contributed by atoms with Gasteiger partial charge in [0.1, 0.15) is 11.8 Å². The zero-order valence-electron chi connectivity index (χ0n) is 11.4. The van der Waals surface area contributed by atoms with E-state index >= 15 is 0 Å². The van der Waals surface area contributed by atoms with E-state index in [2.05, 4.69) is 5.32 Å². The van der Waals surface area contributed by atoms with Gasteiger partial charge in [0.25, 0.3) is 0 Å². The molecule has 6 nitrogen and oxygen atoms in total. The number of benzene rings is 1. The second-order valence-corrected chi connectivity index (χ2v) is 4.88. The Balaban J connectivity index is 1.78. The lowest BCUT2D eigenvalue weighted by molar-refractivity contribution is -0.252. The first kappa shape index (κ1) is 13.8. The van der Waals surface area contributed by atoms with E-state index in [1.165, 1.54) is 6.92 Å². The molecule has 0 saturated carbocycles. The van der Waals surface area contributed by atoms with E-state index in [9.17, 15) is 9.59 Å². The Bertz CT molecular complexity index is 583. The van der Waals surface area contributed by atoms with Crippen LogP contribution in [0.15, 0.2) is 42.1 Å². The highest BCUT2D eigenvalue weighted by atomic mass is 16.7. The third-order valence-corrected chi connectivity index (χ3v) is 3.25. The van der Waals surface area contributed by atoms with Crippen LogP contribution in [0.1, 0.15) is 18.8 Å². The molecule has 0 aliphatic carbocycles. The minimum atomic E-state index is -0.572. The number of amides is 1. The first-order valence-electron chi connectivity index (χ1n) is 6.66. The first-order chi connectivity index (χ1) is 10.1. The smallest absolute Gasteiger partial charge is 0.355 e. The van der Waals surface area contributed by atoms with Crippen molar-refractivity contribution in [3.63, 3.8) is 0 Å². The molecule has 2 aliphatic rings. The van der Waals surface area contributed by atoms with Crippen molar-refractivity contribution in [2.45, 2.75) is 25.4 Å². The van der Waals surface area contributed by atoms with Crippen molar-refractivity contribution in [1.82, 2.24) is 5.32 Å². The number of hydrogen-bond acceptors (Lipinski definition) is 5. The normalized spacial score (nSPS) is 28.1. The first-order valence-corrected chi connectivity index (χ1v) is 6.66. The predicted molar refractivity (Wildman–Crippen MR) is 71.8 cm³/mol. The van der Waals surface area contributed by atoms with Gasteiger partial charge in [0.15, 0.2) is 12.4 Å². The minimum absolute atomic E-state index is 0.109. The molecule has 3 rings (SSSR count). The summed E-state index contributed by atoms with van der Waals surface area (Å²) in [4.78, 5) is 22.8. The van der Waals surface area contributed by atoms with Gasteiger partial charge in [-0.15, -0.1) is 0 Å². The molecule has 2 aliphatic heterocycles. The maximum Gasteiger partial charge on any atom is 0.355 e. The van der Waals surface area contributed by atoms with Gasteiger partial charge in [0.2, 0.25) is 5.91 Å². The highest BCUT2D eigenvalue weighted by Crippen LogP contribution is 2.30. The third kappa shape index (κ3) is 2.96. The Kier molecular flexibility index (Phi) is 3.72. The lowest BCUT2D eigenvalue weighted by Crippen LogP contribution is -2.47. The number of ether oxygens (including phenoxy) is 3. The lowest BCUT2D eigenvalue weighted by Gasteiger charge is -2.37. The summed E-state index contributed by atoms with van der Waals surface area (Å²) in [6, 6.07) is 9.50. The van der Waals surface area contributed by atoms with E-state index in [1.807, 2.05) is 30.3 Å². The van der Waals surface area contributed by atoms with Gasteiger partial charge in [-0.1, -0.05) is 30.3 Å². The maximum absolute atomic E-state index is 11.7. The van der Waals surface area contributed by atoms with Crippen LogP contribution in [-0.4, -0.2) is 30.7 Å². The topological polar surface area (TPSA) is 73.9 Å². The molecule has 1 amide bonds. The second kappa shape index (κ2) is 5.67. The third-order valence-electron chi connectivity index (χ3n) is 3.25. The van der Waals surface area contributed by atoms with Crippen LogP contribution in [-0.2, 0) is 23.8 Å². The maximum atomic E-state index is 11.7. The minimum Gasteiger partial charge on any atom is -0.452 e. The van der Waals surface area contributed by atoms with Crippen molar-refractivity contribution < 1.29 is 23.8 Å². The van der Waals surface area contributed by atoms with Crippen molar-refractivity contribution in [3.05, 3.63) is 47.7 Å². The Labute approximate surface area is 121 Å². The number of carbonyl (C=O) groups is 2. The molecule has 1 aromatic rings. The van der Waals surface area contributed by atoms with Gasteiger partial charge in [-0.05, 0) is 6.08 Å². The number of nitrogens with one attached hydrogen (secondary N) is 1. The van der Waals surface area contributed by atoms with Crippen molar-refractivity contribution in [2.24, 2.45) is 0 Å². The molecule has 1 N–H and O–H groups in total. The van der Waals surface area contributed by atoms with Crippen molar-refractivity contribution in [2.75, 3.05) is 6.61 Å². The highest BCUT2D eigenvalue weighted by molar-refractivity contribution is 5.94. The average molecular weight is 289 g/mol. The van der Waals surface area contributed by atoms with Crippen LogP contribution in [0.3, 0.4) is 0 Å². The molecular weight excluding hydrogens is 274 g/mol. The van der Waals surface area contributed by atoms with Gasteiger partial charge >= 0.3 is 5.97 Å². The Hall–Kier alpha value is -2.18. The molecule has 0 aromatic heterocycles. The molecular formula is C15H15NO5. The van der Waals surface area contributed by atoms with Gasteiger partial charge in [-0.2, -0.15) is 0 Å². The number of rotatable bonds is 2. The molecule has 21 heavy (non-hydrogen) atoms. The van der Waals surface area contributed by atoms with E-state index in [0.717, 1.165) is 5.56 Å². The number of esters is 1. The molecule has 0 bridgehead atoms. The molecule has 6 heteroatoms. The van der Waals surface area contributed by atoms with Gasteiger partial charge in [-0.3, -0.25) is 4.79 Å². The fourth-order valence-electron chi connectivity index (χ4n) is 2.29. The summed E-state index contributed by atoms with van der Waals surface area (Å²) in [7, 11) is 0. The quantitative estimate of drug-likeness (QED) is 0.824. The lowest BCUT2D eigenvalue weighted by atomic mass is 10.1. The van der Waals surface area contributed by atoms with E-state index in [0.29, 0.717) is 0 Å². The molecule has 0 radical (unpaired) electrons. The predicted octanol–water partition coefficient (Wildman–Crippen LogP) is 1.05. The molecule has 0 spiro atoms. The molecule has 1 aromatic carbocycles. The van der Waals surface area contributed by atoms with Gasteiger partial charge < -0.3 is 19.5 Å². The van der Waals surface area contributed by atoms with Crippen LogP contribution in [0, 0.1) is 0 Å². The molecule has 0 unspecified atom stereocenters. The van der Waals surface area contributed by atoms with E-state index < -0.39 is 24.5 Å². The molecule has 1 saturated heterocycles. The number of fused-ring (bicyclic) bond motifs is 1. The Morgan fingerprint density at radius 1 is 1.29 bits per heavy atom. The van der Waals surface area contributed by atoms with Gasteiger partial charge in [0, 0.05) is 12.5 Å². The Morgan fingerprint density at radius 2 is 2.05 bits per heavy atom. The second-order valence-electron chi connectivity index (χ2n) is 4.88. The Morgan fingerprint density at radius 3 is 2.76 bits per heavy atom. The molecule has 1 fully saturated rings. The van der Waals surface area contributed by atoms with Crippen molar-refractivity contribution >= 4 is 11.9 Å². The SMILES string of the molecule is CC(=O)NC1=C[C@@H]2O[C@H](c3ccccc3)OC[C@H]2OC1=O. The largest absolute Gasteiger partial charge is 0.452 e. The fraction of sp³-hybridized carbons (Fsp3) is 0.333. The number of hydrogen-bond donors (Lipinski definition) is 1. The summed E-state index contributed by atoms with van der Waals surface area (Å²) in [5, 5.41) is 2.45. The van der Waals surface area contributed by atoms with Gasteiger partial charge in [-0.25, -0.2) is 4.79 Å². The summed E-state index contributed by atoms with van der Waals surface area (Å²) < 4.78 is 16.6. The summed E-state index contributed by atoms with van der Waals surface area (Å²) in [5.74, 6) is -0.903. The van der Waals surface area contributed by atoms with E-state index in [1.54, 1.807) is 6.08 Å². The van der Waals surface area contributed by atoms with Gasteiger partial charge in [0.05, 0.1) is 6.61 Å². The molecule has 110 valence electrons. The standard InChI is InChI=1S/C15H15NO5/c1-9(17)16-11-7-12-13(20-14(11)18)8-19-15(21-12)10-5-3-2-4-6-10/h2-7,12-13,15H,8H2,1H3,(H,16,17)/t12-,13+,15+/m0/s1. The van der Waals surface area contributed by atoms with Crippen LogP contribution in [0.25, 0.3) is 0 Å². The average Bonchev–Trinajstić information content (AvgIpc) is 2.48. The zero-order chi connectivity index (χ0) is 14.8. The molecule has 3 atom stereocenters. The zero-order valence-corrected chi connectivity index (χ0v) is 11.4. The van der Waals surface area contributed by atoms with Crippen molar-refractivity contribution in [1.29, 1.82) is 0 Å². The fourth-order valence-corrected chi connectivity index (χ4v) is 2.29. The molecule has 2 heterocycles. The van der Waals surface area contributed by atoms with Crippen molar-refractivity contribution in [3.8, 4) is 0 Å². The summed E-state index contributed by atoms with van der Waals surface area (Å²) in [6.07, 6.45) is 0.133.